The second kappa shape index (κ2) is 7.80. The van der Waals surface area contributed by atoms with Crippen molar-refractivity contribution < 1.29 is 0 Å². The Hall–Kier alpha value is -1.80. The maximum absolute atomic E-state index is 6.72. The number of benzene rings is 1. The molecule has 1 atom stereocenters. The zero-order valence-corrected chi connectivity index (χ0v) is 19.2. The minimum absolute atomic E-state index is 0.356. The Morgan fingerprint density at radius 3 is 2.28 bits per heavy atom. The van der Waals surface area contributed by atoms with Gasteiger partial charge in [-0.25, -0.2) is 20.0 Å². The quantitative estimate of drug-likeness (QED) is 0.365. The summed E-state index contributed by atoms with van der Waals surface area (Å²) in [5, 5.41) is 2.47. The van der Waals surface area contributed by atoms with Crippen LogP contribution in [-0.2, 0) is 0 Å². The smallest absolute Gasteiger partial charge is 0.227 e. The lowest BCUT2D eigenvalue weighted by atomic mass is 9.94. The van der Waals surface area contributed by atoms with Crippen LogP contribution in [0.2, 0.25) is 10.2 Å². The molecule has 6 nitrogen and oxygen atoms in total. The van der Waals surface area contributed by atoms with Crippen LogP contribution in [0.4, 0.5) is 5.95 Å². The van der Waals surface area contributed by atoms with Gasteiger partial charge in [0.1, 0.15) is 15.2 Å². The molecule has 1 aromatic carbocycles. The monoisotopic (exact) mass is 466 g/mol. The average molecular weight is 468 g/mol. The summed E-state index contributed by atoms with van der Waals surface area (Å²) in [6, 6.07) is 7.50. The number of rotatable bonds is 2. The topological polar surface area (TPSA) is 57.0 Å². The number of alkyl halides is 1. The highest BCUT2D eigenvalue weighted by Crippen LogP contribution is 2.47. The minimum atomic E-state index is -0.615. The fraction of sp³-hybridized carbons (Fsp3) is 0.263. The van der Waals surface area contributed by atoms with Gasteiger partial charge in [0.25, 0.3) is 0 Å². The first-order chi connectivity index (χ1) is 13.8. The third kappa shape index (κ3) is 3.72. The molecule has 0 radical (unpaired) electrons. The molecule has 0 N–H and O–H groups in total. The number of aromatic nitrogens is 2. The molecule has 150 valence electrons. The zero-order chi connectivity index (χ0) is 20.9. The first-order valence-electron chi connectivity index (χ1n) is 8.67. The second-order valence-electron chi connectivity index (χ2n) is 6.86. The molecule has 2 aromatic rings. The fourth-order valence-corrected chi connectivity index (χ4v) is 4.87. The summed E-state index contributed by atoms with van der Waals surface area (Å²) in [5.74, 6) is 1.09. The SMILES string of the molecule is CN(C)C1=NC(Cl)C2=C(c3ccc(Cl)cc3)c3c(Cl)nc(N(C)C)nc3SC2=N1. The molecule has 1 unspecified atom stereocenters. The fourth-order valence-electron chi connectivity index (χ4n) is 3.00. The normalized spacial score (nSPS) is 18.0. The van der Waals surface area contributed by atoms with E-state index in [1.165, 1.54) is 11.8 Å². The number of halogens is 3. The Kier molecular flexibility index (Phi) is 5.50. The molecule has 3 heterocycles. The van der Waals surface area contributed by atoms with Gasteiger partial charge in [0, 0.05) is 44.4 Å². The highest BCUT2D eigenvalue weighted by molar-refractivity contribution is 8.14. The van der Waals surface area contributed by atoms with Gasteiger partial charge in [-0.2, -0.15) is 0 Å². The number of guanidine groups is 1. The molecule has 10 heteroatoms. The lowest BCUT2D eigenvalue weighted by molar-refractivity contribution is 0.608. The van der Waals surface area contributed by atoms with E-state index in [0.717, 1.165) is 32.3 Å². The summed E-state index contributed by atoms with van der Waals surface area (Å²) >= 11 is 20.9. The molecule has 4 rings (SSSR count). The maximum Gasteiger partial charge on any atom is 0.227 e. The van der Waals surface area contributed by atoms with E-state index in [1.54, 1.807) is 0 Å². The van der Waals surface area contributed by atoms with E-state index < -0.39 is 5.50 Å². The number of nitrogens with zero attached hydrogens (tertiary/aromatic N) is 6. The number of anilines is 1. The Morgan fingerprint density at radius 2 is 1.66 bits per heavy atom. The van der Waals surface area contributed by atoms with Crippen molar-refractivity contribution in [3.63, 3.8) is 0 Å². The van der Waals surface area contributed by atoms with Crippen LogP contribution < -0.4 is 4.90 Å². The third-order valence-electron chi connectivity index (χ3n) is 4.36. The highest BCUT2D eigenvalue weighted by Gasteiger charge is 2.36. The Bertz CT molecular complexity index is 1080. The third-order valence-corrected chi connectivity index (χ3v) is 6.20. The van der Waals surface area contributed by atoms with Crippen molar-refractivity contribution in [3.05, 3.63) is 51.1 Å². The lowest BCUT2D eigenvalue weighted by Gasteiger charge is -2.30. The molecule has 0 bridgehead atoms. The predicted molar refractivity (Wildman–Crippen MR) is 123 cm³/mol. The molecule has 0 saturated heterocycles. The van der Waals surface area contributed by atoms with Gasteiger partial charge in [-0.3, -0.25) is 0 Å². The summed E-state index contributed by atoms with van der Waals surface area (Å²) in [5.41, 5.74) is 2.63. The van der Waals surface area contributed by atoms with Crippen molar-refractivity contribution in [3.8, 4) is 0 Å². The average Bonchev–Trinajstić information content (AvgIpc) is 2.66. The number of fused-ring (bicyclic) bond motifs is 2. The van der Waals surface area contributed by atoms with E-state index in [2.05, 4.69) is 9.98 Å². The molecule has 0 saturated carbocycles. The van der Waals surface area contributed by atoms with Gasteiger partial charge in [0.05, 0.1) is 5.56 Å². The highest BCUT2D eigenvalue weighted by atomic mass is 35.5. The van der Waals surface area contributed by atoms with E-state index in [4.69, 9.17) is 44.8 Å². The number of hydrogen-bond acceptors (Lipinski definition) is 7. The standard InChI is InChI=1S/C19H17Cl3N6S/c1-27(2)18-23-14(21)12-11(9-5-7-10(20)8-6-9)13-15(22)24-19(28(3)4)26-17(13)29-16(12)25-18/h5-8,14H,1-4H3. The van der Waals surface area contributed by atoms with Gasteiger partial charge in [-0.15, -0.1) is 0 Å². The molecule has 0 aliphatic carbocycles. The van der Waals surface area contributed by atoms with Gasteiger partial charge >= 0.3 is 0 Å². The summed E-state index contributed by atoms with van der Waals surface area (Å²) in [4.78, 5) is 22.1. The van der Waals surface area contributed by atoms with Crippen molar-refractivity contribution in [2.75, 3.05) is 33.1 Å². The van der Waals surface area contributed by atoms with Crippen molar-refractivity contribution in [2.45, 2.75) is 10.5 Å². The van der Waals surface area contributed by atoms with Crippen LogP contribution in [-0.4, -0.2) is 59.6 Å². The Balaban J connectivity index is 2.02. The number of hydrogen-bond donors (Lipinski definition) is 0. The molecular weight excluding hydrogens is 451 g/mol. The second-order valence-corrected chi connectivity index (χ2v) is 9.05. The van der Waals surface area contributed by atoms with E-state index in [0.29, 0.717) is 22.1 Å². The molecule has 1 aromatic heterocycles. The van der Waals surface area contributed by atoms with E-state index >= 15 is 0 Å². The van der Waals surface area contributed by atoms with Crippen molar-refractivity contribution >= 4 is 69.1 Å². The van der Waals surface area contributed by atoms with Crippen molar-refractivity contribution in [2.24, 2.45) is 9.98 Å². The van der Waals surface area contributed by atoms with Crippen molar-refractivity contribution in [1.29, 1.82) is 0 Å². The van der Waals surface area contributed by atoms with Gasteiger partial charge in [0.2, 0.25) is 11.9 Å². The molecule has 0 fully saturated rings. The van der Waals surface area contributed by atoms with Crippen LogP contribution >= 0.6 is 46.6 Å². The van der Waals surface area contributed by atoms with Crippen LogP contribution in [0, 0.1) is 0 Å². The largest absolute Gasteiger partial charge is 0.347 e. The van der Waals surface area contributed by atoms with Crippen LogP contribution in [0.15, 0.2) is 44.8 Å². The van der Waals surface area contributed by atoms with Crippen LogP contribution in [0.3, 0.4) is 0 Å². The lowest BCUT2D eigenvalue weighted by Crippen LogP contribution is -2.30. The zero-order valence-electron chi connectivity index (χ0n) is 16.1. The summed E-state index contributed by atoms with van der Waals surface area (Å²) in [7, 11) is 7.51. The molecule has 0 amide bonds. The van der Waals surface area contributed by atoms with E-state index in [-0.39, 0.29) is 0 Å². The van der Waals surface area contributed by atoms with E-state index in [1.807, 2.05) is 62.3 Å². The number of thioether (sulfide) groups is 1. The predicted octanol–water partition coefficient (Wildman–Crippen LogP) is 4.65. The van der Waals surface area contributed by atoms with Crippen LogP contribution in [0.5, 0.6) is 0 Å². The molecule has 2 aliphatic rings. The van der Waals surface area contributed by atoms with Gasteiger partial charge in [0.15, 0.2) is 5.50 Å². The van der Waals surface area contributed by atoms with Gasteiger partial charge < -0.3 is 9.80 Å². The summed E-state index contributed by atoms with van der Waals surface area (Å²) in [6.07, 6.45) is 0. The van der Waals surface area contributed by atoms with E-state index in [9.17, 15) is 0 Å². The molecule has 29 heavy (non-hydrogen) atoms. The Labute approximate surface area is 188 Å². The summed E-state index contributed by atoms with van der Waals surface area (Å²) < 4.78 is 0. The first-order valence-corrected chi connectivity index (χ1v) is 10.7. The van der Waals surface area contributed by atoms with Gasteiger partial charge in [-0.1, -0.05) is 46.9 Å². The van der Waals surface area contributed by atoms with Crippen LogP contribution in [0.25, 0.3) is 5.57 Å². The van der Waals surface area contributed by atoms with Crippen LogP contribution in [0.1, 0.15) is 11.1 Å². The van der Waals surface area contributed by atoms with Gasteiger partial charge in [-0.05, 0) is 29.5 Å². The summed E-state index contributed by atoms with van der Waals surface area (Å²) in [6.45, 7) is 0. The molecular formula is C19H17Cl3N6S. The van der Waals surface area contributed by atoms with Crippen molar-refractivity contribution in [1.82, 2.24) is 14.9 Å². The first kappa shape index (κ1) is 20.5. The minimum Gasteiger partial charge on any atom is -0.347 e. The maximum atomic E-state index is 6.72. The number of aliphatic imine (C=N–C) groups is 2. The Morgan fingerprint density at radius 1 is 0.966 bits per heavy atom. The molecule has 2 aliphatic heterocycles. The molecule has 0 spiro atoms.